The number of ether oxygens (including phenoxy) is 1. The molecule has 1 unspecified atom stereocenters. The number of nitrogens with one attached hydrogen (secondary N) is 2. The number of imide groups is 1. The predicted molar refractivity (Wildman–Crippen MR) is 232 cm³/mol. The van der Waals surface area contributed by atoms with Crippen LogP contribution in [-0.4, -0.2) is 91.7 Å². The van der Waals surface area contributed by atoms with Crippen LogP contribution in [0.5, 0.6) is 0 Å². The van der Waals surface area contributed by atoms with Crippen molar-refractivity contribution >= 4 is 40.8 Å². The predicted octanol–water partition coefficient (Wildman–Crippen LogP) is 6.13. The number of carbonyl (C=O) groups is 5. The highest BCUT2D eigenvalue weighted by Gasteiger charge is 2.42. The van der Waals surface area contributed by atoms with Gasteiger partial charge < -0.3 is 24.4 Å². The van der Waals surface area contributed by atoms with Crippen molar-refractivity contribution in [2.75, 3.05) is 26.3 Å². The number of hydrogen-bond acceptors (Lipinski definition) is 9. The van der Waals surface area contributed by atoms with E-state index in [1.807, 2.05) is 50.4 Å². The van der Waals surface area contributed by atoms with E-state index in [0.29, 0.717) is 61.6 Å². The number of hydrogen-bond donors (Lipinski definition) is 2. The molecule has 0 bridgehead atoms. The van der Waals surface area contributed by atoms with Crippen LogP contribution in [0, 0.1) is 5.92 Å². The van der Waals surface area contributed by atoms with Gasteiger partial charge in [0.25, 0.3) is 11.8 Å². The standard InChI is InChI=1S/C46H46N8O6.C2H6/c55-26-52-15-16-53-40(25-52)42(51-43(53)28-12-17-60-18-13-28)33-5-1-3-29-21-38(49-23-35(29)33)30-7-8-37(48-22-30)44(57)47-14-11-27-19-31(20-27)32-4-2-6-34-36(32)24-54(46(34)59)39-9-10-41(56)50-45(39)58;1-2/h1-8,21-23,26-28,31,39H,9-20,24-25H2,(H,47,57)(H,50,56,58);1-2H3. The third-order valence-electron chi connectivity index (χ3n) is 13.2. The number of nitrogens with zero attached hydrogens (tertiary/aromatic N) is 6. The molecule has 2 aromatic carbocycles. The number of imidazole rings is 1. The van der Waals surface area contributed by atoms with E-state index < -0.39 is 11.9 Å². The molecule has 7 heterocycles. The van der Waals surface area contributed by atoms with Crippen molar-refractivity contribution < 1.29 is 28.7 Å². The van der Waals surface area contributed by atoms with Crippen LogP contribution in [0.15, 0.2) is 67.0 Å². The Bertz CT molecular complexity index is 2540. The summed E-state index contributed by atoms with van der Waals surface area (Å²) in [6, 6.07) is 17.0. The third kappa shape index (κ3) is 7.76. The highest BCUT2D eigenvalue weighted by molar-refractivity contribution is 6.05. The molecule has 1 atom stereocenters. The molecular formula is C48H52N8O6. The molecule has 1 aliphatic carbocycles. The van der Waals surface area contributed by atoms with Gasteiger partial charge in [0.1, 0.15) is 17.6 Å². The first kappa shape index (κ1) is 41.1. The largest absolute Gasteiger partial charge is 0.381 e. The summed E-state index contributed by atoms with van der Waals surface area (Å²) in [5, 5.41) is 7.40. The van der Waals surface area contributed by atoms with Crippen LogP contribution in [0.4, 0.5) is 0 Å². The van der Waals surface area contributed by atoms with Crippen molar-refractivity contribution in [1.82, 2.24) is 40.0 Å². The molecule has 2 N–H and O–H groups in total. The minimum absolute atomic E-state index is 0.150. The summed E-state index contributed by atoms with van der Waals surface area (Å²) in [5.74, 6) is 1.10. The summed E-state index contributed by atoms with van der Waals surface area (Å²) in [6.07, 6.45) is 9.71. The summed E-state index contributed by atoms with van der Waals surface area (Å²) in [6.45, 7) is 8.28. The van der Waals surface area contributed by atoms with Gasteiger partial charge in [0.2, 0.25) is 18.2 Å². The molecule has 5 aromatic rings. The Morgan fingerprint density at radius 3 is 2.50 bits per heavy atom. The van der Waals surface area contributed by atoms with E-state index in [-0.39, 0.29) is 24.1 Å². The summed E-state index contributed by atoms with van der Waals surface area (Å²) < 4.78 is 7.96. The summed E-state index contributed by atoms with van der Waals surface area (Å²) in [4.78, 5) is 80.4. The number of fused-ring (bicyclic) bond motifs is 3. The van der Waals surface area contributed by atoms with Gasteiger partial charge in [0, 0.05) is 86.2 Å². The maximum absolute atomic E-state index is 13.3. The molecule has 3 fully saturated rings. The first-order valence-electron chi connectivity index (χ1n) is 22.1. The van der Waals surface area contributed by atoms with Gasteiger partial charge in [-0.05, 0) is 91.1 Å². The summed E-state index contributed by atoms with van der Waals surface area (Å²) in [7, 11) is 0. The number of carbonyl (C=O) groups excluding carboxylic acids is 5. The van der Waals surface area contributed by atoms with E-state index in [1.54, 1.807) is 22.1 Å². The minimum Gasteiger partial charge on any atom is -0.381 e. The van der Waals surface area contributed by atoms with Crippen molar-refractivity contribution in [3.8, 4) is 22.5 Å². The van der Waals surface area contributed by atoms with E-state index in [1.165, 1.54) is 0 Å². The molecular weight excluding hydrogens is 785 g/mol. The van der Waals surface area contributed by atoms with Gasteiger partial charge in [-0.1, -0.05) is 44.2 Å². The van der Waals surface area contributed by atoms with Crippen molar-refractivity contribution in [2.24, 2.45) is 5.92 Å². The first-order chi connectivity index (χ1) is 30.3. The van der Waals surface area contributed by atoms with Gasteiger partial charge in [0.15, 0.2) is 0 Å². The highest BCUT2D eigenvalue weighted by Crippen LogP contribution is 2.46. The van der Waals surface area contributed by atoms with Crippen molar-refractivity contribution in [3.05, 3.63) is 101 Å². The molecule has 5 amide bonds. The topological polar surface area (TPSA) is 169 Å². The quantitative estimate of drug-likeness (QED) is 0.124. The monoisotopic (exact) mass is 836 g/mol. The molecule has 0 radical (unpaired) electrons. The van der Waals surface area contributed by atoms with Crippen LogP contribution in [0.3, 0.4) is 0 Å². The normalized spacial score (nSPS) is 21.1. The second-order valence-corrected chi connectivity index (χ2v) is 16.8. The van der Waals surface area contributed by atoms with Gasteiger partial charge in [-0.15, -0.1) is 0 Å². The van der Waals surface area contributed by atoms with Gasteiger partial charge in [0.05, 0.1) is 23.6 Å². The van der Waals surface area contributed by atoms with Crippen molar-refractivity contribution in [2.45, 2.75) is 96.3 Å². The third-order valence-corrected chi connectivity index (χ3v) is 13.2. The number of aromatic nitrogens is 4. The van der Waals surface area contributed by atoms with Crippen LogP contribution in [-0.2, 0) is 38.8 Å². The fraction of sp³-hybridized carbons (Fsp3) is 0.417. The zero-order chi connectivity index (χ0) is 42.9. The number of benzene rings is 2. The molecule has 0 spiro atoms. The van der Waals surface area contributed by atoms with Crippen LogP contribution in [0.1, 0.15) is 114 Å². The average molecular weight is 837 g/mol. The Kier molecular flexibility index (Phi) is 11.7. The van der Waals surface area contributed by atoms with Crippen molar-refractivity contribution in [1.29, 1.82) is 0 Å². The lowest BCUT2D eigenvalue weighted by Crippen LogP contribution is -2.52. The molecule has 14 nitrogen and oxygen atoms in total. The second-order valence-electron chi connectivity index (χ2n) is 16.8. The van der Waals surface area contributed by atoms with Crippen molar-refractivity contribution in [3.63, 3.8) is 0 Å². The highest BCUT2D eigenvalue weighted by atomic mass is 16.5. The Morgan fingerprint density at radius 2 is 1.73 bits per heavy atom. The molecule has 320 valence electrons. The Balaban J connectivity index is 0.00000242. The maximum Gasteiger partial charge on any atom is 0.269 e. The van der Waals surface area contributed by atoms with Crippen LogP contribution < -0.4 is 10.6 Å². The minimum atomic E-state index is -0.627. The number of pyridine rings is 2. The summed E-state index contributed by atoms with van der Waals surface area (Å²) >= 11 is 0. The second kappa shape index (κ2) is 17.6. The zero-order valence-corrected chi connectivity index (χ0v) is 35.3. The molecule has 3 aromatic heterocycles. The number of piperidine rings is 1. The van der Waals surface area contributed by atoms with E-state index >= 15 is 0 Å². The molecule has 14 heteroatoms. The Hall–Kier alpha value is -6.28. The average Bonchev–Trinajstić information content (AvgIpc) is 3.85. The maximum atomic E-state index is 13.3. The van der Waals surface area contributed by atoms with E-state index in [4.69, 9.17) is 14.7 Å². The van der Waals surface area contributed by atoms with E-state index in [2.05, 4.69) is 38.4 Å². The molecule has 1 saturated carbocycles. The smallest absolute Gasteiger partial charge is 0.269 e. The Labute approximate surface area is 360 Å². The van der Waals surface area contributed by atoms with E-state index in [9.17, 15) is 24.0 Å². The lowest BCUT2D eigenvalue weighted by atomic mass is 9.69. The molecule has 10 rings (SSSR count). The van der Waals surface area contributed by atoms with Crippen LogP contribution in [0.2, 0.25) is 0 Å². The van der Waals surface area contributed by atoms with Gasteiger partial charge in [-0.25, -0.2) is 4.98 Å². The lowest BCUT2D eigenvalue weighted by molar-refractivity contribution is -0.137. The number of rotatable bonds is 10. The lowest BCUT2D eigenvalue weighted by Gasteiger charge is -2.37. The van der Waals surface area contributed by atoms with Crippen LogP contribution >= 0.6 is 0 Å². The summed E-state index contributed by atoms with van der Waals surface area (Å²) in [5.41, 5.74) is 7.62. The van der Waals surface area contributed by atoms with Gasteiger partial charge in [-0.3, -0.25) is 39.3 Å². The first-order valence-corrected chi connectivity index (χ1v) is 22.1. The SMILES string of the molecule is CC.O=CN1CCn2c(C3CCOCC3)nc(-c3cccc4cc(-c5ccc(C(=O)NCCC6CC(c7cccc8c7CN(C7CCC(=O)NC7=O)C8=O)C6)nc5)ncc34)c2C1. The molecule has 4 aliphatic heterocycles. The van der Waals surface area contributed by atoms with Crippen LogP contribution in [0.25, 0.3) is 33.3 Å². The zero-order valence-electron chi connectivity index (χ0n) is 35.3. The molecule has 5 aliphatic rings. The molecule has 2 saturated heterocycles. The Morgan fingerprint density at radius 1 is 0.919 bits per heavy atom. The van der Waals surface area contributed by atoms with E-state index in [0.717, 1.165) is 114 Å². The fourth-order valence-corrected chi connectivity index (χ4v) is 9.90. The molecule has 62 heavy (non-hydrogen) atoms. The number of amides is 5. The van der Waals surface area contributed by atoms with Gasteiger partial charge >= 0.3 is 0 Å². The fourth-order valence-electron chi connectivity index (χ4n) is 9.90. The van der Waals surface area contributed by atoms with Gasteiger partial charge in [-0.2, -0.15) is 0 Å².